The number of carbonyl (C=O) groups is 1. The third-order valence-electron chi connectivity index (χ3n) is 1.47. The number of hydrogen-bond donors (Lipinski definition) is 2. The van der Waals surface area contributed by atoms with Crippen molar-refractivity contribution in [1.82, 2.24) is 0 Å². The predicted octanol–water partition coefficient (Wildman–Crippen LogP) is 1.18. The Morgan fingerprint density at radius 3 is 2.93 bits per heavy atom. The Morgan fingerprint density at radius 1 is 1.57 bits per heavy atom. The Labute approximate surface area is 81.0 Å². The van der Waals surface area contributed by atoms with E-state index in [-0.39, 0.29) is 0 Å². The second-order valence-corrected chi connectivity index (χ2v) is 2.41. The molecule has 0 aliphatic heterocycles. The highest BCUT2D eigenvalue weighted by Crippen LogP contribution is 2.22. The van der Waals surface area contributed by atoms with Gasteiger partial charge in [0.25, 0.3) is 0 Å². The Kier molecular flexibility index (Phi) is 3.49. The van der Waals surface area contributed by atoms with Crippen LogP contribution in [0.25, 0.3) is 0 Å². The van der Waals surface area contributed by atoms with E-state index in [1.165, 1.54) is 7.11 Å². The summed E-state index contributed by atoms with van der Waals surface area (Å²) in [6, 6.07) is 7.09. The number of methoxy groups -OCH3 is 1. The molecule has 0 fully saturated rings. The molecule has 0 aliphatic rings. The molecule has 0 unspecified atom stereocenters. The van der Waals surface area contributed by atoms with Gasteiger partial charge in [0.1, 0.15) is 12.0 Å². The Balaban J connectivity index is 2.71. The second kappa shape index (κ2) is 4.86. The van der Waals surface area contributed by atoms with Gasteiger partial charge in [-0.3, -0.25) is 5.43 Å². The zero-order valence-electron chi connectivity index (χ0n) is 7.60. The maximum atomic E-state index is 10.1. The van der Waals surface area contributed by atoms with Crippen molar-refractivity contribution in [2.24, 2.45) is 5.10 Å². The van der Waals surface area contributed by atoms with Crippen molar-refractivity contribution in [3.8, 4) is 5.75 Å². The van der Waals surface area contributed by atoms with Gasteiger partial charge in [0.2, 0.25) is 0 Å². The fraction of sp³-hybridized carbons (Fsp3) is 0.111. The van der Waals surface area contributed by atoms with Gasteiger partial charge in [-0.2, -0.15) is 5.10 Å². The summed E-state index contributed by atoms with van der Waals surface area (Å²) < 4.78 is 5.02. The van der Waals surface area contributed by atoms with Crippen LogP contribution < -0.4 is 10.2 Å². The van der Waals surface area contributed by atoms with E-state index in [0.29, 0.717) is 11.4 Å². The molecule has 0 aromatic heterocycles. The highest BCUT2D eigenvalue weighted by molar-refractivity contribution is 6.22. The predicted molar refractivity (Wildman–Crippen MR) is 52.7 cm³/mol. The van der Waals surface area contributed by atoms with Crippen LogP contribution in [0.1, 0.15) is 0 Å². The fourth-order valence-electron chi connectivity index (χ4n) is 0.894. The zero-order chi connectivity index (χ0) is 10.4. The Morgan fingerprint density at radius 2 is 2.29 bits per heavy atom. The lowest BCUT2D eigenvalue weighted by molar-refractivity contribution is -0.128. The molecule has 74 valence electrons. The maximum absolute atomic E-state index is 10.1. The van der Waals surface area contributed by atoms with Crippen LogP contribution in [0.2, 0.25) is 0 Å². The lowest BCUT2D eigenvalue weighted by atomic mass is 10.3. The first-order valence-corrected chi connectivity index (χ1v) is 3.89. The number of hydrogen-bond acceptors (Lipinski definition) is 4. The Hall–Kier alpha value is -2.04. The molecule has 0 aliphatic carbocycles. The SMILES string of the molecule is COc1ccccc1N/N=C/C(=O)O. The normalized spacial score (nSPS) is 10.1. The lowest BCUT2D eigenvalue weighted by Crippen LogP contribution is -1.99. The first-order valence-electron chi connectivity index (χ1n) is 3.89. The van der Waals surface area contributed by atoms with Crippen molar-refractivity contribution in [2.75, 3.05) is 12.5 Å². The van der Waals surface area contributed by atoms with E-state index in [2.05, 4.69) is 10.5 Å². The summed E-state index contributed by atoms with van der Waals surface area (Å²) in [6.45, 7) is 0. The number of benzene rings is 1. The van der Waals surface area contributed by atoms with Gasteiger partial charge in [-0.25, -0.2) is 4.79 Å². The summed E-state index contributed by atoms with van der Waals surface area (Å²) in [5.41, 5.74) is 3.18. The standard InChI is InChI=1S/C9H10N2O3/c1-14-8-5-3-2-4-7(8)11-10-6-9(12)13/h2-6,11H,1H3,(H,12,13)/b10-6+. The molecule has 1 aromatic rings. The topological polar surface area (TPSA) is 70.9 Å². The summed E-state index contributed by atoms with van der Waals surface area (Å²) in [7, 11) is 1.53. The number of nitrogens with zero attached hydrogens (tertiary/aromatic N) is 1. The number of anilines is 1. The number of carboxylic acid groups (broad SMARTS) is 1. The van der Waals surface area contributed by atoms with Gasteiger partial charge in [-0.15, -0.1) is 0 Å². The largest absolute Gasteiger partial charge is 0.495 e. The van der Waals surface area contributed by atoms with E-state index in [9.17, 15) is 4.79 Å². The van der Waals surface area contributed by atoms with Crippen LogP contribution in [-0.2, 0) is 4.79 Å². The number of aliphatic carboxylic acids is 1. The quantitative estimate of drug-likeness (QED) is 0.557. The molecule has 0 saturated carbocycles. The average Bonchev–Trinajstić information content (AvgIpc) is 2.18. The number of carboxylic acids is 1. The maximum Gasteiger partial charge on any atom is 0.348 e. The van der Waals surface area contributed by atoms with Gasteiger partial charge in [-0.1, -0.05) is 12.1 Å². The third kappa shape index (κ3) is 2.78. The van der Waals surface area contributed by atoms with Crippen molar-refractivity contribution in [1.29, 1.82) is 0 Å². The van der Waals surface area contributed by atoms with E-state index >= 15 is 0 Å². The lowest BCUT2D eigenvalue weighted by Gasteiger charge is -2.05. The Bertz CT molecular complexity index is 350. The van der Waals surface area contributed by atoms with E-state index < -0.39 is 5.97 Å². The van der Waals surface area contributed by atoms with Gasteiger partial charge in [-0.05, 0) is 12.1 Å². The van der Waals surface area contributed by atoms with Crippen LogP contribution in [0.3, 0.4) is 0 Å². The van der Waals surface area contributed by atoms with Gasteiger partial charge >= 0.3 is 5.97 Å². The molecule has 0 heterocycles. The van der Waals surface area contributed by atoms with E-state index in [1.807, 2.05) is 6.07 Å². The molecule has 0 bridgehead atoms. The molecule has 0 atom stereocenters. The van der Waals surface area contributed by atoms with Crippen molar-refractivity contribution < 1.29 is 14.6 Å². The molecule has 1 aromatic carbocycles. The first kappa shape index (κ1) is 10.0. The molecule has 14 heavy (non-hydrogen) atoms. The minimum absolute atomic E-state index is 0.607. The molecule has 5 heteroatoms. The molecule has 0 amide bonds. The van der Waals surface area contributed by atoms with Crippen molar-refractivity contribution >= 4 is 17.9 Å². The molecule has 5 nitrogen and oxygen atoms in total. The summed E-state index contributed by atoms with van der Waals surface area (Å²) in [5.74, 6) is -0.498. The van der Waals surface area contributed by atoms with Gasteiger partial charge < -0.3 is 9.84 Å². The van der Waals surface area contributed by atoms with Crippen LogP contribution in [0.4, 0.5) is 5.69 Å². The van der Waals surface area contributed by atoms with Crippen molar-refractivity contribution in [3.63, 3.8) is 0 Å². The van der Waals surface area contributed by atoms with Crippen molar-refractivity contribution in [2.45, 2.75) is 0 Å². The van der Waals surface area contributed by atoms with Crippen LogP contribution in [0, 0.1) is 0 Å². The molecule has 0 radical (unpaired) electrons. The van der Waals surface area contributed by atoms with E-state index in [1.54, 1.807) is 18.2 Å². The van der Waals surface area contributed by atoms with Gasteiger partial charge in [0, 0.05) is 0 Å². The van der Waals surface area contributed by atoms with E-state index in [0.717, 1.165) is 6.21 Å². The molecule has 0 saturated heterocycles. The number of ether oxygens (including phenoxy) is 1. The summed E-state index contributed by atoms with van der Waals surface area (Å²) in [4.78, 5) is 10.1. The number of rotatable bonds is 4. The van der Waals surface area contributed by atoms with Gasteiger partial charge in [0.05, 0.1) is 12.8 Å². The average molecular weight is 194 g/mol. The number of para-hydroxylation sites is 2. The van der Waals surface area contributed by atoms with Crippen molar-refractivity contribution in [3.05, 3.63) is 24.3 Å². The highest BCUT2D eigenvalue weighted by Gasteiger charge is 1.98. The minimum Gasteiger partial charge on any atom is -0.495 e. The number of nitrogens with one attached hydrogen (secondary N) is 1. The second-order valence-electron chi connectivity index (χ2n) is 2.41. The minimum atomic E-state index is -1.10. The molecule has 0 spiro atoms. The summed E-state index contributed by atoms with van der Waals surface area (Å²) >= 11 is 0. The van der Waals surface area contributed by atoms with Gasteiger partial charge in [0.15, 0.2) is 0 Å². The highest BCUT2D eigenvalue weighted by atomic mass is 16.5. The molecular formula is C9H10N2O3. The summed E-state index contributed by atoms with van der Waals surface area (Å²) in [5, 5.41) is 11.8. The van der Waals surface area contributed by atoms with E-state index in [4.69, 9.17) is 9.84 Å². The van der Waals surface area contributed by atoms with Crippen LogP contribution >= 0.6 is 0 Å². The van der Waals surface area contributed by atoms with Crippen LogP contribution in [-0.4, -0.2) is 24.4 Å². The fourth-order valence-corrected chi connectivity index (χ4v) is 0.894. The smallest absolute Gasteiger partial charge is 0.348 e. The number of hydrazone groups is 1. The zero-order valence-corrected chi connectivity index (χ0v) is 7.60. The third-order valence-corrected chi connectivity index (χ3v) is 1.47. The van der Waals surface area contributed by atoms with Crippen LogP contribution in [0.5, 0.6) is 5.75 Å². The first-order chi connectivity index (χ1) is 6.74. The molecular weight excluding hydrogens is 184 g/mol. The monoisotopic (exact) mass is 194 g/mol. The molecule has 1 rings (SSSR count). The summed E-state index contributed by atoms with van der Waals surface area (Å²) in [6.07, 6.45) is 0.770. The molecule has 2 N–H and O–H groups in total. The van der Waals surface area contributed by atoms with Crippen LogP contribution in [0.15, 0.2) is 29.4 Å².